The third-order valence-corrected chi connectivity index (χ3v) is 1.60. The van der Waals surface area contributed by atoms with E-state index >= 15 is 0 Å². The first-order valence-electron chi connectivity index (χ1n) is 4.92. The third kappa shape index (κ3) is 4.60. The second kappa shape index (κ2) is 6.19. The summed E-state index contributed by atoms with van der Waals surface area (Å²) in [6.07, 6.45) is 3.29. The van der Waals surface area contributed by atoms with Crippen LogP contribution in [0.25, 0.3) is 0 Å². The van der Waals surface area contributed by atoms with E-state index in [9.17, 15) is 0 Å². The van der Waals surface area contributed by atoms with Crippen LogP contribution < -0.4 is 10.1 Å². The molecule has 0 amide bonds. The van der Waals surface area contributed by atoms with E-state index in [0.717, 1.165) is 0 Å². The van der Waals surface area contributed by atoms with Crippen LogP contribution in [0, 0.1) is 0 Å². The fourth-order valence-corrected chi connectivity index (χ4v) is 0.966. The molecule has 1 aromatic rings. The lowest BCUT2D eigenvalue weighted by Gasteiger charge is -2.08. The number of ether oxygens (including phenoxy) is 2. The number of rotatable bonds is 6. The van der Waals surface area contributed by atoms with Gasteiger partial charge in [-0.2, -0.15) is 0 Å². The zero-order valence-electron chi connectivity index (χ0n) is 9.36. The van der Waals surface area contributed by atoms with Gasteiger partial charge in [-0.3, -0.25) is 0 Å². The summed E-state index contributed by atoms with van der Waals surface area (Å²) in [5.41, 5.74) is 0. The minimum absolute atomic E-state index is 0.324. The standard InChI is InChI=1S/C10H17N3O2/c1-8(2)13-10-11-6-9(7-12-10)15-5-4-14-3/h6-8H,4-5H2,1-3H3,(H,11,12,13). The molecular weight excluding hydrogens is 194 g/mol. The number of hydrogen-bond acceptors (Lipinski definition) is 5. The van der Waals surface area contributed by atoms with Crippen molar-refractivity contribution in [1.29, 1.82) is 0 Å². The van der Waals surface area contributed by atoms with Crippen LogP contribution in [0.4, 0.5) is 5.95 Å². The lowest BCUT2D eigenvalue weighted by Crippen LogP contribution is -2.12. The van der Waals surface area contributed by atoms with Crippen molar-refractivity contribution in [3.8, 4) is 5.75 Å². The van der Waals surface area contributed by atoms with Crippen LogP contribution in [0.15, 0.2) is 12.4 Å². The van der Waals surface area contributed by atoms with Crippen molar-refractivity contribution in [3.63, 3.8) is 0 Å². The van der Waals surface area contributed by atoms with E-state index in [1.54, 1.807) is 19.5 Å². The number of aromatic nitrogens is 2. The first kappa shape index (κ1) is 11.7. The highest BCUT2D eigenvalue weighted by atomic mass is 16.5. The molecular formula is C10H17N3O2. The van der Waals surface area contributed by atoms with Crippen LogP contribution in [0.2, 0.25) is 0 Å². The summed E-state index contributed by atoms with van der Waals surface area (Å²) in [7, 11) is 1.63. The third-order valence-electron chi connectivity index (χ3n) is 1.60. The van der Waals surface area contributed by atoms with Gasteiger partial charge >= 0.3 is 0 Å². The van der Waals surface area contributed by atoms with Crippen molar-refractivity contribution in [3.05, 3.63) is 12.4 Å². The van der Waals surface area contributed by atoms with Gasteiger partial charge in [-0.25, -0.2) is 9.97 Å². The Bertz CT molecular complexity index is 275. The highest BCUT2D eigenvalue weighted by molar-refractivity contribution is 5.27. The molecule has 0 fully saturated rings. The Morgan fingerprint density at radius 2 is 1.93 bits per heavy atom. The summed E-state index contributed by atoms with van der Waals surface area (Å²) < 4.78 is 10.2. The predicted octanol–water partition coefficient (Wildman–Crippen LogP) is 1.32. The zero-order chi connectivity index (χ0) is 11.1. The van der Waals surface area contributed by atoms with Crippen LogP contribution >= 0.6 is 0 Å². The van der Waals surface area contributed by atoms with Crippen molar-refractivity contribution >= 4 is 5.95 Å². The molecule has 0 atom stereocenters. The van der Waals surface area contributed by atoms with Gasteiger partial charge in [-0.1, -0.05) is 0 Å². The molecule has 1 aromatic heterocycles. The zero-order valence-corrected chi connectivity index (χ0v) is 9.36. The first-order chi connectivity index (χ1) is 7.22. The summed E-state index contributed by atoms with van der Waals surface area (Å²) in [6, 6.07) is 0.324. The highest BCUT2D eigenvalue weighted by Gasteiger charge is 1.99. The van der Waals surface area contributed by atoms with E-state index in [1.807, 2.05) is 13.8 Å². The van der Waals surface area contributed by atoms with E-state index in [0.29, 0.717) is 31.0 Å². The molecule has 0 bridgehead atoms. The lowest BCUT2D eigenvalue weighted by atomic mass is 10.4. The highest BCUT2D eigenvalue weighted by Crippen LogP contribution is 2.08. The smallest absolute Gasteiger partial charge is 0.223 e. The number of hydrogen-bond donors (Lipinski definition) is 1. The molecule has 1 rings (SSSR count). The largest absolute Gasteiger partial charge is 0.488 e. The molecule has 5 nitrogen and oxygen atoms in total. The number of anilines is 1. The van der Waals surface area contributed by atoms with Crippen molar-refractivity contribution < 1.29 is 9.47 Å². The van der Waals surface area contributed by atoms with Crippen molar-refractivity contribution in [2.45, 2.75) is 19.9 Å². The molecule has 0 aliphatic carbocycles. The average Bonchev–Trinajstić information content (AvgIpc) is 2.20. The van der Waals surface area contributed by atoms with Gasteiger partial charge in [-0.05, 0) is 13.8 Å². The summed E-state index contributed by atoms with van der Waals surface area (Å²) in [6.45, 7) is 5.14. The van der Waals surface area contributed by atoms with Crippen LogP contribution in [-0.4, -0.2) is 36.3 Å². The number of nitrogens with zero attached hydrogens (tertiary/aromatic N) is 2. The molecule has 0 spiro atoms. The molecule has 84 valence electrons. The van der Waals surface area contributed by atoms with E-state index in [1.165, 1.54) is 0 Å². The monoisotopic (exact) mass is 211 g/mol. The van der Waals surface area contributed by atoms with E-state index in [2.05, 4.69) is 15.3 Å². The summed E-state index contributed by atoms with van der Waals surface area (Å²) in [5, 5.41) is 3.10. The first-order valence-corrected chi connectivity index (χ1v) is 4.92. The van der Waals surface area contributed by atoms with Gasteiger partial charge < -0.3 is 14.8 Å². The Hall–Kier alpha value is -1.36. The van der Waals surface area contributed by atoms with Crippen molar-refractivity contribution in [2.75, 3.05) is 25.6 Å². The van der Waals surface area contributed by atoms with Crippen LogP contribution in [0.5, 0.6) is 5.75 Å². The van der Waals surface area contributed by atoms with E-state index in [4.69, 9.17) is 9.47 Å². The fraction of sp³-hybridized carbons (Fsp3) is 0.600. The molecule has 0 aromatic carbocycles. The Kier molecular flexibility index (Phi) is 4.83. The molecule has 0 unspecified atom stereocenters. The average molecular weight is 211 g/mol. The van der Waals surface area contributed by atoms with Gasteiger partial charge in [0, 0.05) is 13.2 Å². The number of nitrogens with one attached hydrogen (secondary N) is 1. The van der Waals surface area contributed by atoms with E-state index < -0.39 is 0 Å². The second-order valence-electron chi connectivity index (χ2n) is 3.38. The molecule has 0 aliphatic heterocycles. The van der Waals surface area contributed by atoms with Crippen molar-refractivity contribution in [2.24, 2.45) is 0 Å². The SMILES string of the molecule is COCCOc1cnc(NC(C)C)nc1. The molecule has 1 N–H and O–H groups in total. The molecule has 5 heteroatoms. The molecule has 15 heavy (non-hydrogen) atoms. The van der Waals surface area contributed by atoms with Gasteiger partial charge in [0.2, 0.25) is 5.95 Å². The van der Waals surface area contributed by atoms with Gasteiger partial charge in [-0.15, -0.1) is 0 Å². The van der Waals surface area contributed by atoms with Gasteiger partial charge in [0.15, 0.2) is 5.75 Å². The minimum atomic E-state index is 0.324. The van der Waals surface area contributed by atoms with Crippen LogP contribution in [0.3, 0.4) is 0 Å². The predicted molar refractivity (Wildman–Crippen MR) is 58.2 cm³/mol. The quantitative estimate of drug-likeness (QED) is 0.719. The minimum Gasteiger partial charge on any atom is -0.488 e. The summed E-state index contributed by atoms with van der Waals surface area (Å²) in [5.74, 6) is 1.27. The topological polar surface area (TPSA) is 56.3 Å². The molecule has 0 aliphatic rings. The number of methoxy groups -OCH3 is 1. The summed E-state index contributed by atoms with van der Waals surface area (Å²) in [4.78, 5) is 8.22. The maximum Gasteiger partial charge on any atom is 0.223 e. The maximum absolute atomic E-state index is 5.33. The van der Waals surface area contributed by atoms with Crippen molar-refractivity contribution in [1.82, 2.24) is 9.97 Å². The maximum atomic E-state index is 5.33. The Labute approximate surface area is 89.8 Å². The van der Waals surface area contributed by atoms with Crippen LogP contribution in [0.1, 0.15) is 13.8 Å². The fourth-order valence-electron chi connectivity index (χ4n) is 0.966. The Morgan fingerprint density at radius 3 is 2.47 bits per heavy atom. The second-order valence-corrected chi connectivity index (χ2v) is 3.38. The molecule has 0 radical (unpaired) electrons. The molecule has 1 heterocycles. The summed E-state index contributed by atoms with van der Waals surface area (Å²) >= 11 is 0. The Morgan fingerprint density at radius 1 is 1.27 bits per heavy atom. The van der Waals surface area contributed by atoms with Gasteiger partial charge in [0.1, 0.15) is 6.61 Å². The van der Waals surface area contributed by atoms with E-state index in [-0.39, 0.29) is 0 Å². The Balaban J connectivity index is 2.42. The van der Waals surface area contributed by atoms with Gasteiger partial charge in [0.05, 0.1) is 19.0 Å². The molecule has 0 saturated carbocycles. The lowest BCUT2D eigenvalue weighted by molar-refractivity contribution is 0.146. The molecule has 0 saturated heterocycles. The normalized spacial score (nSPS) is 10.4. The van der Waals surface area contributed by atoms with Crippen LogP contribution in [-0.2, 0) is 4.74 Å². The van der Waals surface area contributed by atoms with Gasteiger partial charge in [0.25, 0.3) is 0 Å².